The van der Waals surface area contributed by atoms with Crippen LogP contribution in [0.4, 0.5) is 5.69 Å². The van der Waals surface area contributed by atoms with E-state index < -0.39 is 0 Å². The number of nitrogens with one attached hydrogen (secondary N) is 2. The molecule has 7 heteroatoms. The highest BCUT2D eigenvalue weighted by Gasteiger charge is 2.11. The zero-order valence-corrected chi connectivity index (χ0v) is 17.3. The Balaban J connectivity index is 1.51. The lowest BCUT2D eigenvalue weighted by atomic mass is 10.1. The van der Waals surface area contributed by atoms with Gasteiger partial charge in [0.25, 0.3) is 5.91 Å². The normalized spacial score (nSPS) is 10.4. The van der Waals surface area contributed by atoms with Crippen LogP contribution in [0, 0.1) is 0 Å². The van der Waals surface area contributed by atoms with Gasteiger partial charge in [0.2, 0.25) is 5.91 Å². The molecule has 0 unspecified atom stereocenters. The summed E-state index contributed by atoms with van der Waals surface area (Å²) in [4.78, 5) is 24.2. The molecule has 0 atom stereocenters. The van der Waals surface area contributed by atoms with Gasteiger partial charge in [-0.15, -0.1) is 0 Å². The molecule has 0 spiro atoms. The first-order chi connectivity index (χ1) is 13.0. The van der Waals surface area contributed by atoms with Crippen LogP contribution < -0.4 is 10.6 Å². The second-order valence-electron chi connectivity index (χ2n) is 5.84. The molecule has 3 rings (SSSR count). The zero-order valence-electron chi connectivity index (χ0n) is 14.2. The Kier molecular flexibility index (Phi) is 6.47. The van der Waals surface area contributed by atoms with Crippen molar-refractivity contribution in [2.45, 2.75) is 13.0 Å². The molecule has 0 aliphatic carbocycles. The molecule has 0 aliphatic heterocycles. The van der Waals surface area contributed by atoms with E-state index in [1.807, 2.05) is 36.4 Å². The number of hydrogen-bond acceptors (Lipinski definition) is 3. The number of rotatable bonds is 6. The Labute approximate surface area is 173 Å². The van der Waals surface area contributed by atoms with E-state index in [4.69, 9.17) is 4.42 Å². The number of hydrogen-bond donors (Lipinski definition) is 2. The minimum Gasteiger partial charge on any atom is -0.444 e. The molecular weight excluding hydrogens is 476 g/mol. The van der Waals surface area contributed by atoms with Gasteiger partial charge in [0, 0.05) is 16.7 Å². The van der Waals surface area contributed by atoms with Crippen LogP contribution in [0.25, 0.3) is 0 Å². The predicted octanol–water partition coefficient (Wildman–Crippen LogP) is 4.92. The van der Waals surface area contributed by atoms with Crippen LogP contribution in [-0.4, -0.2) is 11.8 Å². The topological polar surface area (TPSA) is 71.3 Å². The molecule has 2 amide bonds. The van der Waals surface area contributed by atoms with Crippen LogP contribution >= 0.6 is 31.9 Å². The lowest BCUT2D eigenvalue weighted by Crippen LogP contribution is -2.24. The Morgan fingerprint density at radius 2 is 1.70 bits per heavy atom. The van der Waals surface area contributed by atoms with E-state index in [2.05, 4.69) is 42.5 Å². The van der Waals surface area contributed by atoms with Crippen LogP contribution in [0.15, 0.2) is 74.2 Å². The third kappa shape index (κ3) is 5.80. The Hall–Kier alpha value is -2.38. The van der Waals surface area contributed by atoms with Gasteiger partial charge in [-0.05, 0) is 63.5 Å². The summed E-state index contributed by atoms with van der Waals surface area (Å²) >= 11 is 6.57. The molecule has 3 aromatic rings. The molecule has 0 aliphatic rings. The number of benzene rings is 2. The Morgan fingerprint density at radius 1 is 0.926 bits per heavy atom. The van der Waals surface area contributed by atoms with Crippen molar-refractivity contribution in [3.8, 4) is 0 Å². The largest absolute Gasteiger partial charge is 0.444 e. The van der Waals surface area contributed by atoms with Crippen LogP contribution in [0.1, 0.15) is 21.7 Å². The molecule has 2 N–H and O–H groups in total. The average Bonchev–Trinajstić information content (AvgIpc) is 3.08. The molecule has 5 nitrogen and oxygen atoms in total. The van der Waals surface area contributed by atoms with Crippen molar-refractivity contribution in [3.63, 3.8) is 0 Å². The standard InChI is InChI=1S/C20H16Br2N2O3/c21-15-3-1-2-14(10-15)12-23-19(25)11-13-4-6-16(7-5-13)24-20(26)17-8-9-18(22)27-17/h1-10H,11-12H2,(H,23,25)(H,24,26). The summed E-state index contributed by atoms with van der Waals surface area (Å²) in [7, 11) is 0. The van der Waals surface area contributed by atoms with E-state index >= 15 is 0 Å². The Bertz CT molecular complexity index is 952. The van der Waals surface area contributed by atoms with Crippen molar-refractivity contribution in [1.29, 1.82) is 0 Å². The van der Waals surface area contributed by atoms with Crippen LogP contribution in [0.3, 0.4) is 0 Å². The fourth-order valence-corrected chi connectivity index (χ4v) is 3.18. The summed E-state index contributed by atoms with van der Waals surface area (Å²) < 4.78 is 6.69. The molecule has 0 radical (unpaired) electrons. The van der Waals surface area contributed by atoms with Gasteiger partial charge in [0.1, 0.15) is 0 Å². The first-order valence-corrected chi connectivity index (χ1v) is 9.75. The van der Waals surface area contributed by atoms with Crippen molar-refractivity contribution in [2.75, 3.05) is 5.32 Å². The summed E-state index contributed by atoms with van der Waals surface area (Å²) in [5.41, 5.74) is 2.52. The average molecular weight is 492 g/mol. The van der Waals surface area contributed by atoms with Gasteiger partial charge < -0.3 is 15.1 Å². The van der Waals surface area contributed by atoms with E-state index in [-0.39, 0.29) is 24.0 Å². The van der Waals surface area contributed by atoms with E-state index in [0.29, 0.717) is 16.9 Å². The molecule has 138 valence electrons. The van der Waals surface area contributed by atoms with Gasteiger partial charge in [-0.25, -0.2) is 0 Å². The fourth-order valence-electron chi connectivity index (χ4n) is 2.43. The van der Waals surface area contributed by atoms with Gasteiger partial charge >= 0.3 is 0 Å². The number of anilines is 1. The molecule has 0 fully saturated rings. The van der Waals surface area contributed by atoms with Gasteiger partial charge in [-0.1, -0.05) is 40.2 Å². The van der Waals surface area contributed by atoms with E-state index in [1.165, 1.54) is 0 Å². The molecule has 0 saturated carbocycles. The second kappa shape index (κ2) is 9.01. The zero-order chi connectivity index (χ0) is 19.2. The Morgan fingerprint density at radius 3 is 2.37 bits per heavy atom. The first kappa shape index (κ1) is 19.4. The molecule has 0 saturated heterocycles. The molecule has 0 bridgehead atoms. The van der Waals surface area contributed by atoms with E-state index in [0.717, 1.165) is 15.6 Å². The number of carbonyl (C=O) groups excluding carboxylic acids is 2. The number of halogens is 2. The lowest BCUT2D eigenvalue weighted by Gasteiger charge is -2.07. The van der Waals surface area contributed by atoms with Crippen molar-refractivity contribution in [1.82, 2.24) is 5.32 Å². The smallest absolute Gasteiger partial charge is 0.291 e. The first-order valence-electron chi connectivity index (χ1n) is 8.16. The van der Waals surface area contributed by atoms with Crippen LogP contribution in [0.5, 0.6) is 0 Å². The molecular formula is C20H16Br2N2O3. The minimum absolute atomic E-state index is 0.0628. The van der Waals surface area contributed by atoms with Crippen LogP contribution in [0.2, 0.25) is 0 Å². The van der Waals surface area contributed by atoms with E-state index in [1.54, 1.807) is 24.3 Å². The fraction of sp³-hybridized carbons (Fsp3) is 0.100. The maximum absolute atomic E-state index is 12.1. The highest BCUT2D eigenvalue weighted by molar-refractivity contribution is 9.10. The van der Waals surface area contributed by atoms with E-state index in [9.17, 15) is 9.59 Å². The van der Waals surface area contributed by atoms with Gasteiger partial charge in [-0.2, -0.15) is 0 Å². The van der Waals surface area contributed by atoms with Crippen molar-refractivity contribution < 1.29 is 14.0 Å². The maximum Gasteiger partial charge on any atom is 0.291 e. The predicted molar refractivity (Wildman–Crippen MR) is 110 cm³/mol. The third-order valence-corrected chi connectivity index (χ3v) is 4.67. The van der Waals surface area contributed by atoms with Crippen LogP contribution in [-0.2, 0) is 17.8 Å². The quantitative estimate of drug-likeness (QED) is 0.514. The lowest BCUT2D eigenvalue weighted by molar-refractivity contribution is -0.120. The second-order valence-corrected chi connectivity index (χ2v) is 7.54. The third-order valence-electron chi connectivity index (χ3n) is 3.75. The summed E-state index contributed by atoms with van der Waals surface area (Å²) in [6, 6.07) is 18.2. The summed E-state index contributed by atoms with van der Waals surface area (Å²) in [6.45, 7) is 0.477. The maximum atomic E-state index is 12.1. The summed E-state index contributed by atoms with van der Waals surface area (Å²) in [5, 5.41) is 5.64. The SMILES string of the molecule is O=C(Cc1ccc(NC(=O)c2ccc(Br)o2)cc1)NCc1cccc(Br)c1. The molecule has 1 heterocycles. The molecule has 2 aromatic carbocycles. The van der Waals surface area contributed by atoms with Crippen molar-refractivity contribution >= 4 is 49.4 Å². The monoisotopic (exact) mass is 490 g/mol. The van der Waals surface area contributed by atoms with Gasteiger partial charge in [0.05, 0.1) is 6.42 Å². The summed E-state index contributed by atoms with van der Waals surface area (Å²) in [6.07, 6.45) is 0.271. The van der Waals surface area contributed by atoms with Crippen molar-refractivity contribution in [3.05, 3.63) is 86.7 Å². The molecule has 1 aromatic heterocycles. The van der Waals surface area contributed by atoms with Gasteiger partial charge in [0.15, 0.2) is 10.4 Å². The number of amides is 2. The highest BCUT2D eigenvalue weighted by Crippen LogP contribution is 2.17. The van der Waals surface area contributed by atoms with Gasteiger partial charge in [-0.3, -0.25) is 9.59 Å². The summed E-state index contributed by atoms with van der Waals surface area (Å²) in [5.74, 6) is -0.176. The van der Waals surface area contributed by atoms with Crippen molar-refractivity contribution in [2.24, 2.45) is 0 Å². The highest BCUT2D eigenvalue weighted by atomic mass is 79.9. The number of furan rings is 1. The molecule has 27 heavy (non-hydrogen) atoms. The minimum atomic E-state index is -0.333. The number of carbonyl (C=O) groups is 2.